The summed E-state index contributed by atoms with van der Waals surface area (Å²) in [5.41, 5.74) is 4.86. The Kier molecular flexibility index (Phi) is 4.66. The number of hydrogen-bond donors (Lipinski definition) is 0. The minimum atomic E-state index is 0.167. The quantitative estimate of drug-likeness (QED) is 0.386. The minimum absolute atomic E-state index is 0.167. The molecule has 7 atom stereocenters. The van der Waals surface area contributed by atoms with E-state index in [9.17, 15) is 4.79 Å². The highest BCUT2D eigenvalue weighted by Crippen LogP contribution is 2.76. The first-order chi connectivity index (χ1) is 14.3. The monoisotopic (exact) mass is 424 g/mol. The molecule has 0 N–H and O–H groups in total. The molecular formula is C30H48O. The van der Waals surface area contributed by atoms with Crippen LogP contribution in [-0.2, 0) is 4.79 Å². The van der Waals surface area contributed by atoms with Gasteiger partial charge in [0.1, 0.15) is 5.78 Å². The van der Waals surface area contributed by atoms with E-state index in [1.165, 1.54) is 57.8 Å². The van der Waals surface area contributed by atoms with Crippen LogP contribution in [0.25, 0.3) is 0 Å². The molecule has 0 amide bonds. The van der Waals surface area contributed by atoms with E-state index in [-0.39, 0.29) is 22.2 Å². The summed E-state index contributed by atoms with van der Waals surface area (Å²) < 4.78 is 0. The van der Waals surface area contributed by atoms with Crippen molar-refractivity contribution in [2.24, 2.45) is 50.7 Å². The Morgan fingerprint density at radius 2 is 1.48 bits per heavy atom. The highest BCUT2D eigenvalue weighted by atomic mass is 16.1. The topological polar surface area (TPSA) is 17.1 Å². The molecule has 4 saturated carbocycles. The van der Waals surface area contributed by atoms with Gasteiger partial charge in [0.25, 0.3) is 0 Å². The summed E-state index contributed by atoms with van der Waals surface area (Å²) in [6, 6.07) is 0. The summed E-state index contributed by atoms with van der Waals surface area (Å²) >= 11 is 0. The SMILES string of the molecule is CC(C)C1=C2CCC3(C)C(CCC4C5(C)CCCC(C)(C)C5C(=O)CC43C)C2(C)CC1. The lowest BCUT2D eigenvalue weighted by atomic mass is 9.32. The molecule has 1 nitrogen and oxygen atoms in total. The molecule has 0 heterocycles. The molecule has 0 aromatic rings. The van der Waals surface area contributed by atoms with Crippen molar-refractivity contribution in [2.45, 2.75) is 120 Å². The van der Waals surface area contributed by atoms with Gasteiger partial charge in [-0.3, -0.25) is 4.79 Å². The summed E-state index contributed by atoms with van der Waals surface area (Å²) in [7, 11) is 0. The maximum atomic E-state index is 14.0. The molecule has 0 radical (unpaired) electrons. The Balaban J connectivity index is 1.59. The largest absolute Gasteiger partial charge is 0.299 e. The summed E-state index contributed by atoms with van der Waals surface area (Å²) in [5, 5.41) is 0. The first-order valence-electron chi connectivity index (χ1n) is 13.6. The Labute approximate surface area is 192 Å². The lowest BCUT2D eigenvalue weighted by Crippen LogP contribution is -2.67. The molecule has 174 valence electrons. The summed E-state index contributed by atoms with van der Waals surface area (Å²) in [6.07, 6.45) is 12.7. The van der Waals surface area contributed by atoms with Crippen LogP contribution in [0, 0.1) is 50.7 Å². The van der Waals surface area contributed by atoms with Gasteiger partial charge < -0.3 is 0 Å². The van der Waals surface area contributed by atoms with Gasteiger partial charge in [-0.05, 0) is 96.2 Å². The predicted octanol–water partition coefficient (Wildman–Crippen LogP) is 8.38. The van der Waals surface area contributed by atoms with Gasteiger partial charge in [-0.25, -0.2) is 0 Å². The normalized spacial score (nSPS) is 51.3. The molecule has 5 rings (SSSR count). The van der Waals surface area contributed by atoms with Crippen LogP contribution in [0.4, 0.5) is 0 Å². The molecule has 31 heavy (non-hydrogen) atoms. The van der Waals surface area contributed by atoms with Gasteiger partial charge in [0, 0.05) is 12.3 Å². The highest BCUT2D eigenvalue weighted by Gasteiger charge is 2.70. The molecule has 0 spiro atoms. The van der Waals surface area contributed by atoms with Gasteiger partial charge in [0.05, 0.1) is 0 Å². The van der Waals surface area contributed by atoms with Crippen molar-refractivity contribution < 1.29 is 4.79 Å². The molecule has 5 aliphatic carbocycles. The van der Waals surface area contributed by atoms with Crippen molar-refractivity contribution in [1.82, 2.24) is 0 Å². The van der Waals surface area contributed by atoms with Crippen LogP contribution in [-0.4, -0.2) is 5.78 Å². The van der Waals surface area contributed by atoms with Crippen LogP contribution in [0.15, 0.2) is 11.1 Å². The Morgan fingerprint density at radius 1 is 0.806 bits per heavy atom. The third-order valence-corrected chi connectivity index (χ3v) is 12.6. The fourth-order valence-corrected chi connectivity index (χ4v) is 11.3. The van der Waals surface area contributed by atoms with Crippen LogP contribution in [0.3, 0.4) is 0 Å². The van der Waals surface area contributed by atoms with Gasteiger partial charge in [-0.1, -0.05) is 73.0 Å². The molecule has 7 unspecified atom stereocenters. The fourth-order valence-electron chi connectivity index (χ4n) is 11.3. The average molecular weight is 425 g/mol. The van der Waals surface area contributed by atoms with E-state index in [1.807, 2.05) is 5.57 Å². The second kappa shape index (κ2) is 6.50. The van der Waals surface area contributed by atoms with E-state index in [0.29, 0.717) is 28.4 Å². The highest BCUT2D eigenvalue weighted by molar-refractivity contribution is 5.85. The Morgan fingerprint density at radius 3 is 2.16 bits per heavy atom. The number of ketones is 1. The number of fused-ring (bicyclic) bond motifs is 7. The Hall–Kier alpha value is -0.590. The van der Waals surface area contributed by atoms with Crippen LogP contribution in [0.5, 0.6) is 0 Å². The Bertz CT molecular complexity index is 831. The van der Waals surface area contributed by atoms with Crippen molar-refractivity contribution >= 4 is 5.78 Å². The fraction of sp³-hybridized carbons (Fsp3) is 0.900. The lowest BCUT2D eigenvalue weighted by Gasteiger charge is -2.72. The molecular weight excluding hydrogens is 376 g/mol. The van der Waals surface area contributed by atoms with E-state index >= 15 is 0 Å². The number of rotatable bonds is 1. The molecule has 5 aliphatic rings. The second-order valence-corrected chi connectivity index (χ2v) is 14.5. The number of Topliss-reactive ketones (excluding diaryl/α,β-unsaturated/α-hetero) is 1. The number of allylic oxidation sites excluding steroid dienone is 2. The van der Waals surface area contributed by atoms with Gasteiger partial charge in [0.2, 0.25) is 0 Å². The molecule has 0 bridgehead atoms. The van der Waals surface area contributed by atoms with E-state index in [4.69, 9.17) is 0 Å². The van der Waals surface area contributed by atoms with Gasteiger partial charge >= 0.3 is 0 Å². The molecule has 4 fully saturated rings. The zero-order valence-electron chi connectivity index (χ0n) is 21.8. The van der Waals surface area contributed by atoms with Crippen molar-refractivity contribution in [3.05, 3.63) is 11.1 Å². The number of hydrogen-bond acceptors (Lipinski definition) is 1. The van der Waals surface area contributed by atoms with Crippen LogP contribution in [0.2, 0.25) is 0 Å². The van der Waals surface area contributed by atoms with Gasteiger partial charge in [-0.2, -0.15) is 0 Å². The predicted molar refractivity (Wildman–Crippen MR) is 130 cm³/mol. The van der Waals surface area contributed by atoms with Crippen LogP contribution in [0.1, 0.15) is 120 Å². The third kappa shape index (κ3) is 2.59. The average Bonchev–Trinajstić information content (AvgIpc) is 2.98. The molecule has 1 heteroatoms. The van der Waals surface area contributed by atoms with Gasteiger partial charge in [0.15, 0.2) is 0 Å². The van der Waals surface area contributed by atoms with E-state index in [1.54, 1.807) is 5.57 Å². The zero-order chi connectivity index (χ0) is 22.6. The van der Waals surface area contributed by atoms with E-state index in [2.05, 4.69) is 55.4 Å². The van der Waals surface area contributed by atoms with E-state index < -0.39 is 0 Å². The zero-order valence-corrected chi connectivity index (χ0v) is 21.8. The molecule has 0 aromatic carbocycles. The molecule has 0 saturated heterocycles. The smallest absolute Gasteiger partial charge is 0.137 e. The minimum Gasteiger partial charge on any atom is -0.299 e. The molecule has 0 aliphatic heterocycles. The van der Waals surface area contributed by atoms with Crippen molar-refractivity contribution in [3.8, 4) is 0 Å². The van der Waals surface area contributed by atoms with Crippen molar-refractivity contribution in [2.75, 3.05) is 0 Å². The van der Waals surface area contributed by atoms with Gasteiger partial charge in [-0.15, -0.1) is 0 Å². The lowest BCUT2D eigenvalue weighted by molar-refractivity contribution is -0.220. The van der Waals surface area contributed by atoms with Crippen LogP contribution >= 0.6 is 0 Å². The molecule has 0 aromatic heterocycles. The summed E-state index contributed by atoms with van der Waals surface area (Å²) in [4.78, 5) is 14.0. The number of carbonyl (C=O) groups is 1. The number of carbonyl (C=O) groups excluding carboxylic acids is 1. The first kappa shape index (κ1) is 22.2. The standard InChI is InChI=1S/C30H48O/c1-19(2)20-12-16-27(5)21(20)13-17-29(7)23(27)10-11-24-28(6)15-9-14-26(3,4)25(28)22(31)18-30(24,29)8/h19,23-25H,9-18H2,1-8H3. The van der Waals surface area contributed by atoms with E-state index in [0.717, 1.165) is 12.3 Å². The maximum Gasteiger partial charge on any atom is 0.137 e. The summed E-state index contributed by atoms with van der Waals surface area (Å²) in [6.45, 7) is 20.0. The third-order valence-electron chi connectivity index (χ3n) is 12.6. The summed E-state index contributed by atoms with van der Waals surface area (Å²) in [5.74, 6) is 3.07. The second-order valence-electron chi connectivity index (χ2n) is 14.5. The maximum absolute atomic E-state index is 14.0. The van der Waals surface area contributed by atoms with Crippen molar-refractivity contribution in [3.63, 3.8) is 0 Å². The van der Waals surface area contributed by atoms with Crippen LogP contribution < -0.4 is 0 Å². The van der Waals surface area contributed by atoms with Crippen molar-refractivity contribution in [1.29, 1.82) is 0 Å². The first-order valence-corrected chi connectivity index (χ1v) is 13.6.